The summed E-state index contributed by atoms with van der Waals surface area (Å²) in [6, 6.07) is 7.74. The summed E-state index contributed by atoms with van der Waals surface area (Å²) in [6.45, 7) is 10.5. The molecular formula is C29H40N2O8Si. The van der Waals surface area contributed by atoms with E-state index in [1.807, 2.05) is 30.3 Å². The first-order valence-corrected chi connectivity index (χ1v) is 15.8. The quantitative estimate of drug-likeness (QED) is 0.222. The van der Waals surface area contributed by atoms with Crippen LogP contribution in [0, 0.1) is 0 Å². The molecule has 0 bridgehead atoms. The summed E-state index contributed by atoms with van der Waals surface area (Å²) in [6.07, 6.45) is 2.95. The molecule has 0 spiro atoms. The van der Waals surface area contributed by atoms with Crippen molar-refractivity contribution in [2.24, 2.45) is 5.16 Å². The van der Waals surface area contributed by atoms with Gasteiger partial charge in [0, 0.05) is 5.56 Å². The number of hydrogen-bond donors (Lipinski definition) is 2. The molecule has 0 aliphatic heterocycles. The number of amides is 1. The molecule has 2 aromatic carbocycles. The lowest BCUT2D eigenvalue weighted by Crippen LogP contribution is -2.43. The zero-order chi connectivity index (χ0) is 29.7. The third kappa shape index (κ3) is 6.53. The maximum absolute atomic E-state index is 11.5. The van der Waals surface area contributed by atoms with E-state index in [4.69, 9.17) is 33.4 Å². The standard InChI is InChI=1S/C29H40N2O8Si/c1-29(2,3)40(8,9)39-24-14-18(10-13-23(24)34-4)21-15-19(31-38-17-26(32)30-33)11-12-20-22(21)16-25(35-5)28(37-7)27(20)36-6/h10,13-16,33H,11-12,17H2,1-9H3,(H,30,32)/b31-19+. The lowest BCUT2D eigenvalue weighted by atomic mass is 9.92. The minimum absolute atomic E-state index is 0.0164. The molecule has 11 heteroatoms. The Bertz CT molecular complexity index is 1300. The molecule has 0 heterocycles. The van der Waals surface area contributed by atoms with Crippen molar-refractivity contribution in [2.45, 2.75) is 51.7 Å². The monoisotopic (exact) mass is 572 g/mol. The Morgan fingerprint density at radius 2 is 1.62 bits per heavy atom. The first kappa shape index (κ1) is 30.8. The number of benzene rings is 2. The molecule has 1 aliphatic carbocycles. The summed E-state index contributed by atoms with van der Waals surface area (Å²) in [4.78, 5) is 16.7. The number of rotatable bonds is 10. The van der Waals surface area contributed by atoms with Crippen LogP contribution in [0.3, 0.4) is 0 Å². The van der Waals surface area contributed by atoms with Crippen molar-refractivity contribution in [1.82, 2.24) is 5.48 Å². The largest absolute Gasteiger partial charge is 0.541 e. The Balaban J connectivity index is 2.25. The number of carbonyl (C=O) groups is 1. The van der Waals surface area contributed by atoms with Crippen molar-refractivity contribution in [2.75, 3.05) is 35.0 Å². The molecule has 0 saturated heterocycles. The fraction of sp³-hybridized carbons (Fsp3) is 0.448. The molecule has 40 heavy (non-hydrogen) atoms. The van der Waals surface area contributed by atoms with Gasteiger partial charge in [0.05, 0.1) is 34.2 Å². The highest BCUT2D eigenvalue weighted by Crippen LogP contribution is 2.47. The van der Waals surface area contributed by atoms with Crippen LogP contribution in [0.5, 0.6) is 28.7 Å². The fourth-order valence-corrected chi connectivity index (χ4v) is 5.16. The first-order valence-electron chi connectivity index (χ1n) is 12.9. The number of ether oxygens (including phenoxy) is 4. The average molecular weight is 573 g/mol. The van der Waals surface area contributed by atoms with Gasteiger partial charge in [-0.15, -0.1) is 0 Å². The van der Waals surface area contributed by atoms with Crippen LogP contribution >= 0.6 is 0 Å². The number of nitrogens with zero attached hydrogens (tertiary/aromatic N) is 1. The normalized spacial score (nSPS) is 14.4. The Hall–Kier alpha value is -3.70. The van der Waals surface area contributed by atoms with E-state index in [1.165, 1.54) is 5.48 Å². The van der Waals surface area contributed by atoms with E-state index < -0.39 is 20.8 Å². The predicted octanol–water partition coefficient (Wildman–Crippen LogP) is 5.36. The van der Waals surface area contributed by atoms with Gasteiger partial charge in [0.2, 0.25) is 5.75 Å². The second-order valence-corrected chi connectivity index (χ2v) is 15.6. The Kier molecular flexibility index (Phi) is 9.75. The van der Waals surface area contributed by atoms with Gasteiger partial charge >= 0.3 is 0 Å². The van der Waals surface area contributed by atoms with Crippen LogP contribution in [0.25, 0.3) is 5.57 Å². The zero-order valence-corrected chi connectivity index (χ0v) is 25.8. The molecule has 2 N–H and O–H groups in total. The maximum atomic E-state index is 11.5. The summed E-state index contributed by atoms with van der Waals surface area (Å²) in [5.74, 6) is 2.17. The zero-order valence-electron chi connectivity index (χ0n) is 24.8. The summed E-state index contributed by atoms with van der Waals surface area (Å²) in [5.41, 5.74) is 5.59. The van der Waals surface area contributed by atoms with Gasteiger partial charge in [-0.1, -0.05) is 32.0 Å². The molecule has 1 amide bonds. The highest BCUT2D eigenvalue weighted by Gasteiger charge is 2.39. The van der Waals surface area contributed by atoms with Crippen molar-refractivity contribution in [1.29, 1.82) is 0 Å². The Morgan fingerprint density at radius 1 is 0.950 bits per heavy atom. The summed E-state index contributed by atoms with van der Waals surface area (Å²) in [5, 5.41) is 13.0. The van der Waals surface area contributed by atoms with Crippen LogP contribution in [0.15, 0.2) is 35.5 Å². The molecule has 0 atom stereocenters. The molecule has 2 aromatic rings. The summed E-state index contributed by atoms with van der Waals surface area (Å²) < 4.78 is 29.5. The Morgan fingerprint density at radius 3 is 2.20 bits per heavy atom. The molecule has 0 fully saturated rings. The molecule has 0 unspecified atom stereocenters. The maximum Gasteiger partial charge on any atom is 0.284 e. The number of hydroxylamine groups is 1. The van der Waals surface area contributed by atoms with Crippen LogP contribution in [0.4, 0.5) is 0 Å². The minimum atomic E-state index is -2.19. The van der Waals surface area contributed by atoms with Crippen molar-refractivity contribution >= 4 is 25.5 Å². The summed E-state index contributed by atoms with van der Waals surface area (Å²) in [7, 11) is 4.17. The van der Waals surface area contributed by atoms with Crippen LogP contribution in [0.2, 0.25) is 18.1 Å². The van der Waals surface area contributed by atoms with Crippen molar-refractivity contribution in [3.8, 4) is 28.7 Å². The highest BCUT2D eigenvalue weighted by molar-refractivity contribution is 6.74. The number of nitrogens with one attached hydrogen (secondary N) is 1. The highest BCUT2D eigenvalue weighted by atomic mass is 28.4. The van der Waals surface area contributed by atoms with E-state index in [0.29, 0.717) is 47.3 Å². The molecule has 0 saturated carbocycles. The number of carbonyl (C=O) groups excluding carboxylic acids is 1. The van der Waals surface area contributed by atoms with E-state index in [2.05, 4.69) is 39.0 Å². The fourth-order valence-electron chi connectivity index (χ4n) is 4.14. The first-order chi connectivity index (χ1) is 18.9. The Labute approximate surface area is 236 Å². The number of allylic oxidation sites excluding steroid dienone is 1. The van der Waals surface area contributed by atoms with Gasteiger partial charge in [-0.3, -0.25) is 10.0 Å². The SMILES string of the molecule is COc1ccc(C2=C/C(=N/OCC(=O)NO)CCc3c2cc(OC)c(OC)c3OC)cc1O[Si](C)(C)C(C)(C)C. The van der Waals surface area contributed by atoms with E-state index >= 15 is 0 Å². The van der Waals surface area contributed by atoms with E-state index in [9.17, 15) is 4.79 Å². The van der Waals surface area contributed by atoms with Crippen molar-refractivity contribution in [3.63, 3.8) is 0 Å². The van der Waals surface area contributed by atoms with Gasteiger partial charge in [-0.25, -0.2) is 5.48 Å². The van der Waals surface area contributed by atoms with Crippen molar-refractivity contribution < 1.29 is 38.2 Å². The van der Waals surface area contributed by atoms with Gasteiger partial charge in [0.25, 0.3) is 14.2 Å². The van der Waals surface area contributed by atoms with Crippen LogP contribution in [-0.2, 0) is 16.1 Å². The third-order valence-electron chi connectivity index (χ3n) is 7.31. The minimum Gasteiger partial charge on any atom is -0.541 e. The molecule has 1 aliphatic rings. The second kappa shape index (κ2) is 12.6. The molecule has 0 aromatic heterocycles. The third-order valence-corrected chi connectivity index (χ3v) is 11.7. The van der Waals surface area contributed by atoms with Crippen LogP contribution in [-0.4, -0.2) is 60.2 Å². The smallest absolute Gasteiger partial charge is 0.284 e. The predicted molar refractivity (Wildman–Crippen MR) is 156 cm³/mol. The lowest BCUT2D eigenvalue weighted by molar-refractivity contribution is -0.133. The van der Waals surface area contributed by atoms with Crippen molar-refractivity contribution in [3.05, 3.63) is 47.0 Å². The second-order valence-electron chi connectivity index (χ2n) is 10.8. The number of hydrogen-bond acceptors (Lipinski definition) is 9. The lowest BCUT2D eigenvalue weighted by Gasteiger charge is -2.37. The van der Waals surface area contributed by atoms with Gasteiger partial charge < -0.3 is 28.2 Å². The van der Waals surface area contributed by atoms with Gasteiger partial charge in [-0.05, 0) is 71.9 Å². The van der Waals surface area contributed by atoms with E-state index in [0.717, 1.165) is 22.3 Å². The number of fused-ring (bicyclic) bond motifs is 1. The van der Waals surface area contributed by atoms with Gasteiger partial charge in [0.1, 0.15) is 5.75 Å². The molecule has 10 nitrogen and oxygen atoms in total. The molecule has 0 radical (unpaired) electrons. The van der Waals surface area contributed by atoms with Crippen LogP contribution < -0.4 is 28.9 Å². The number of oxime groups is 1. The van der Waals surface area contributed by atoms with E-state index in [1.54, 1.807) is 28.4 Å². The van der Waals surface area contributed by atoms with E-state index in [-0.39, 0.29) is 5.04 Å². The average Bonchev–Trinajstić information content (AvgIpc) is 3.10. The van der Waals surface area contributed by atoms with Crippen LogP contribution in [0.1, 0.15) is 43.9 Å². The molecule has 218 valence electrons. The number of methoxy groups -OCH3 is 4. The van der Waals surface area contributed by atoms with Gasteiger partial charge in [0.15, 0.2) is 23.9 Å². The van der Waals surface area contributed by atoms with Gasteiger partial charge in [-0.2, -0.15) is 0 Å². The summed E-state index contributed by atoms with van der Waals surface area (Å²) >= 11 is 0. The molecule has 3 rings (SSSR count). The topological polar surface area (TPSA) is 117 Å². The molecular weight excluding hydrogens is 532 g/mol.